The summed E-state index contributed by atoms with van der Waals surface area (Å²) in [6.07, 6.45) is 0.241. The molecule has 0 spiro atoms. The Morgan fingerprint density at radius 1 is 1.43 bits per heavy atom. The summed E-state index contributed by atoms with van der Waals surface area (Å²) in [6.45, 7) is 9.56. The molecule has 130 valence electrons. The normalized spacial score (nSPS) is 25.0. The second kappa shape index (κ2) is 6.94. The third-order valence-corrected chi connectivity index (χ3v) is 5.16. The van der Waals surface area contributed by atoms with Crippen molar-refractivity contribution in [1.82, 2.24) is 9.71 Å². The van der Waals surface area contributed by atoms with Crippen LogP contribution in [-0.4, -0.2) is 43.6 Å². The van der Waals surface area contributed by atoms with E-state index in [4.69, 9.17) is 9.47 Å². The molecule has 1 aromatic rings. The van der Waals surface area contributed by atoms with Gasteiger partial charge in [-0.3, -0.25) is 4.98 Å². The maximum absolute atomic E-state index is 12.5. The molecule has 0 saturated carbocycles. The quantitative estimate of drug-likeness (QED) is 0.851. The fourth-order valence-electron chi connectivity index (χ4n) is 2.27. The summed E-state index contributed by atoms with van der Waals surface area (Å²) >= 11 is 0. The molecule has 1 aliphatic rings. The van der Waals surface area contributed by atoms with Crippen LogP contribution in [0, 0.1) is 0 Å². The fraction of sp³-hybridized carbons (Fsp3) is 0.688. The lowest BCUT2D eigenvalue weighted by Gasteiger charge is -2.31. The van der Waals surface area contributed by atoms with Gasteiger partial charge < -0.3 is 14.6 Å². The first-order chi connectivity index (χ1) is 10.6. The van der Waals surface area contributed by atoms with E-state index in [-0.39, 0.29) is 0 Å². The van der Waals surface area contributed by atoms with E-state index in [2.05, 4.69) is 9.71 Å². The maximum Gasteiger partial charge on any atom is 0.163 e. The number of nitrogens with one attached hydrogen (secondary N) is 1. The number of nitrogens with zero attached hydrogens (tertiary/aromatic N) is 1. The first-order valence-corrected chi connectivity index (χ1v) is 8.84. The number of rotatable bonds is 5. The standard InChI is InChI=1S/C16H26N2O4S/c1-15(2,3)23(20)18-13(12-10-21-16(4,5)22-12)14(19)11-8-6-7-9-17-11/h6-9,12-14,18-19H,10H2,1-5H3/t12-,13+,14-,23?/m1/s1. The zero-order chi connectivity index (χ0) is 17.3. The largest absolute Gasteiger partial charge is 0.385 e. The number of aliphatic hydroxyl groups excluding tert-OH is 1. The molecule has 0 bridgehead atoms. The molecule has 0 radical (unpaired) electrons. The van der Waals surface area contributed by atoms with Crippen molar-refractivity contribution in [2.24, 2.45) is 0 Å². The SMILES string of the molecule is CC1(C)OC[C@H]([C@H](NS(=O)C(C)(C)C)[C@H](O)c2ccccn2)O1. The van der Waals surface area contributed by atoms with Gasteiger partial charge >= 0.3 is 0 Å². The highest BCUT2D eigenvalue weighted by Crippen LogP contribution is 2.29. The van der Waals surface area contributed by atoms with Gasteiger partial charge in [0.15, 0.2) is 5.79 Å². The molecule has 0 aliphatic carbocycles. The van der Waals surface area contributed by atoms with Crippen molar-refractivity contribution in [1.29, 1.82) is 0 Å². The molecule has 2 rings (SSSR count). The molecule has 7 heteroatoms. The minimum Gasteiger partial charge on any atom is -0.385 e. The Morgan fingerprint density at radius 2 is 2.13 bits per heavy atom. The average molecular weight is 342 g/mol. The van der Waals surface area contributed by atoms with Gasteiger partial charge in [-0.25, -0.2) is 8.93 Å². The first kappa shape index (κ1) is 18.5. The van der Waals surface area contributed by atoms with Crippen molar-refractivity contribution in [3.63, 3.8) is 0 Å². The van der Waals surface area contributed by atoms with Crippen LogP contribution in [0.3, 0.4) is 0 Å². The topological polar surface area (TPSA) is 80.7 Å². The van der Waals surface area contributed by atoms with Crippen molar-refractivity contribution >= 4 is 11.0 Å². The van der Waals surface area contributed by atoms with Gasteiger partial charge in [0.25, 0.3) is 0 Å². The van der Waals surface area contributed by atoms with Crippen molar-refractivity contribution in [3.05, 3.63) is 30.1 Å². The molecule has 2 heterocycles. The van der Waals surface area contributed by atoms with Crippen LogP contribution >= 0.6 is 0 Å². The summed E-state index contributed by atoms with van der Waals surface area (Å²) in [4.78, 5) is 4.19. The second-order valence-corrected chi connectivity index (χ2v) is 9.09. The fourth-order valence-corrected chi connectivity index (χ4v) is 3.15. The molecule has 23 heavy (non-hydrogen) atoms. The summed E-state index contributed by atoms with van der Waals surface area (Å²) in [5, 5.41) is 10.7. The van der Waals surface area contributed by atoms with Gasteiger partial charge in [-0.1, -0.05) is 6.07 Å². The number of hydrogen-bond acceptors (Lipinski definition) is 5. The molecular weight excluding hydrogens is 316 g/mol. The molecule has 6 nitrogen and oxygen atoms in total. The van der Waals surface area contributed by atoms with Gasteiger partial charge in [0.2, 0.25) is 0 Å². The highest BCUT2D eigenvalue weighted by atomic mass is 32.2. The van der Waals surface area contributed by atoms with Crippen LogP contribution < -0.4 is 4.72 Å². The van der Waals surface area contributed by atoms with Crippen LogP contribution in [0.25, 0.3) is 0 Å². The van der Waals surface area contributed by atoms with Crippen LogP contribution in [-0.2, 0) is 20.5 Å². The highest BCUT2D eigenvalue weighted by Gasteiger charge is 2.42. The maximum atomic E-state index is 12.5. The lowest BCUT2D eigenvalue weighted by atomic mass is 10.0. The third-order valence-electron chi connectivity index (χ3n) is 3.56. The highest BCUT2D eigenvalue weighted by molar-refractivity contribution is 7.84. The number of hydrogen-bond donors (Lipinski definition) is 2. The van der Waals surface area contributed by atoms with Crippen LogP contribution in [0.4, 0.5) is 0 Å². The van der Waals surface area contributed by atoms with E-state index >= 15 is 0 Å². The van der Waals surface area contributed by atoms with Crippen molar-refractivity contribution in [3.8, 4) is 0 Å². The Kier molecular flexibility index (Phi) is 5.58. The van der Waals surface area contributed by atoms with Gasteiger partial charge in [0.1, 0.15) is 12.2 Å². The minimum atomic E-state index is -1.36. The van der Waals surface area contributed by atoms with Gasteiger partial charge in [0, 0.05) is 6.20 Å². The Hall–Kier alpha value is -0.860. The van der Waals surface area contributed by atoms with Gasteiger partial charge in [-0.05, 0) is 46.8 Å². The monoisotopic (exact) mass is 342 g/mol. The van der Waals surface area contributed by atoms with Gasteiger partial charge in [-0.15, -0.1) is 0 Å². The predicted molar refractivity (Wildman–Crippen MR) is 88.9 cm³/mol. The van der Waals surface area contributed by atoms with E-state index < -0.39 is 39.8 Å². The van der Waals surface area contributed by atoms with Crippen LogP contribution in [0.1, 0.15) is 46.4 Å². The van der Waals surface area contributed by atoms with Crippen molar-refractivity contribution in [2.75, 3.05) is 6.61 Å². The molecule has 1 fully saturated rings. The zero-order valence-electron chi connectivity index (χ0n) is 14.3. The zero-order valence-corrected chi connectivity index (χ0v) is 15.1. The van der Waals surface area contributed by atoms with E-state index in [9.17, 15) is 9.32 Å². The lowest BCUT2D eigenvalue weighted by molar-refractivity contribution is -0.144. The number of aromatic nitrogens is 1. The predicted octanol–water partition coefficient (Wildman–Crippen LogP) is 1.69. The Balaban J connectivity index is 2.23. The summed E-state index contributed by atoms with van der Waals surface area (Å²) < 4.78 is 26.5. The average Bonchev–Trinajstić information content (AvgIpc) is 2.83. The van der Waals surface area contributed by atoms with Crippen LogP contribution in [0.2, 0.25) is 0 Å². The Morgan fingerprint density at radius 3 is 2.61 bits per heavy atom. The third kappa shape index (κ3) is 4.81. The Bertz CT molecular complexity index is 545. The molecule has 1 saturated heterocycles. The molecule has 0 aromatic carbocycles. The minimum absolute atomic E-state index is 0.315. The summed E-state index contributed by atoms with van der Waals surface area (Å²) in [6, 6.07) is 4.73. The molecule has 4 atom stereocenters. The molecule has 2 N–H and O–H groups in total. The lowest BCUT2D eigenvalue weighted by Crippen LogP contribution is -2.50. The van der Waals surface area contributed by atoms with E-state index in [0.29, 0.717) is 12.3 Å². The summed E-state index contributed by atoms with van der Waals surface area (Å²) in [7, 11) is -1.36. The van der Waals surface area contributed by atoms with Gasteiger partial charge in [0.05, 0.1) is 34.1 Å². The molecular formula is C16H26N2O4S. The second-order valence-electron chi connectivity index (χ2n) is 7.09. The Labute approximate surface area is 140 Å². The summed E-state index contributed by atoms with van der Waals surface area (Å²) in [5.74, 6) is -0.725. The number of ether oxygens (including phenoxy) is 2. The van der Waals surface area contributed by atoms with E-state index in [1.54, 1.807) is 24.4 Å². The number of aliphatic hydroxyl groups is 1. The van der Waals surface area contributed by atoms with E-state index in [1.807, 2.05) is 34.6 Å². The smallest absolute Gasteiger partial charge is 0.163 e. The van der Waals surface area contributed by atoms with E-state index in [1.165, 1.54) is 0 Å². The molecule has 1 aromatic heterocycles. The van der Waals surface area contributed by atoms with Crippen LogP contribution in [0.5, 0.6) is 0 Å². The first-order valence-electron chi connectivity index (χ1n) is 7.69. The van der Waals surface area contributed by atoms with Crippen molar-refractivity contribution < 1.29 is 18.8 Å². The van der Waals surface area contributed by atoms with Crippen molar-refractivity contribution in [2.45, 2.75) is 63.4 Å². The number of pyridine rings is 1. The van der Waals surface area contributed by atoms with Crippen LogP contribution in [0.15, 0.2) is 24.4 Å². The molecule has 0 amide bonds. The van der Waals surface area contributed by atoms with E-state index in [0.717, 1.165) is 0 Å². The molecule has 1 unspecified atom stereocenters. The summed E-state index contributed by atoms with van der Waals surface area (Å²) in [5.41, 5.74) is 0.504. The van der Waals surface area contributed by atoms with Gasteiger partial charge in [-0.2, -0.15) is 0 Å². The molecule has 1 aliphatic heterocycles.